The van der Waals surface area contributed by atoms with Crippen molar-refractivity contribution >= 4 is 12.3 Å². The predicted molar refractivity (Wildman–Crippen MR) is 43.9 cm³/mol. The summed E-state index contributed by atoms with van der Waals surface area (Å²) < 4.78 is 4.48. The van der Waals surface area contributed by atoms with Gasteiger partial charge in [-0.2, -0.15) is 0 Å². The second kappa shape index (κ2) is 5.45. The van der Waals surface area contributed by atoms with E-state index in [1.165, 1.54) is 6.92 Å². The van der Waals surface area contributed by atoms with E-state index in [1.807, 2.05) is 0 Å². The van der Waals surface area contributed by atoms with E-state index in [2.05, 4.69) is 11.3 Å². The highest BCUT2D eigenvalue weighted by Crippen LogP contribution is 1.96. The van der Waals surface area contributed by atoms with Crippen molar-refractivity contribution in [2.75, 3.05) is 6.61 Å². The zero-order valence-corrected chi connectivity index (χ0v) is 7.27. The summed E-state index contributed by atoms with van der Waals surface area (Å²) in [5.41, 5.74) is 0.188. The number of carbonyl (C=O) groups excluding carboxylic acids is 2. The Hall–Kier alpha value is -1.20. The van der Waals surface area contributed by atoms with Gasteiger partial charge in [0, 0.05) is 5.57 Å². The van der Waals surface area contributed by atoms with E-state index < -0.39 is 24.8 Å². The quantitative estimate of drug-likeness (QED) is 0.329. The number of hydrogen-bond donors (Lipinski definition) is 2. The third-order valence-electron chi connectivity index (χ3n) is 1.27. The fraction of sp³-hybridized carbons (Fsp3) is 0.500. The Morgan fingerprint density at radius 2 is 2.15 bits per heavy atom. The number of carbonyl (C=O) groups is 2. The van der Waals surface area contributed by atoms with E-state index in [4.69, 9.17) is 10.2 Å². The predicted octanol–water partition coefficient (Wildman–Crippen LogP) is -0.974. The smallest absolute Gasteiger partial charge is 0.333 e. The van der Waals surface area contributed by atoms with Gasteiger partial charge >= 0.3 is 5.97 Å². The standard InChI is InChI=1S/C8H12O5/c1-5(2)8(12)13-4-7(11)6(10)3-9/h3,6-7,10-11H,1,4H2,2H3/t6-,7+/m0/s1. The SMILES string of the molecule is C=C(C)C(=O)OC[C@@H](O)[C@@H](O)C=O. The number of aliphatic hydroxyl groups excluding tert-OH is 2. The first kappa shape index (κ1) is 11.8. The highest BCUT2D eigenvalue weighted by molar-refractivity contribution is 5.86. The molecule has 74 valence electrons. The Bertz CT molecular complexity index is 211. The van der Waals surface area contributed by atoms with E-state index in [0.717, 1.165) is 0 Å². The van der Waals surface area contributed by atoms with Crippen molar-refractivity contribution in [3.63, 3.8) is 0 Å². The first-order chi connectivity index (χ1) is 5.99. The van der Waals surface area contributed by atoms with Crippen molar-refractivity contribution in [3.8, 4) is 0 Å². The molecule has 5 nitrogen and oxygen atoms in total. The molecule has 0 unspecified atom stereocenters. The van der Waals surface area contributed by atoms with Crippen molar-refractivity contribution < 1.29 is 24.5 Å². The summed E-state index contributed by atoms with van der Waals surface area (Å²) in [5, 5.41) is 17.7. The fourth-order valence-corrected chi connectivity index (χ4v) is 0.474. The molecule has 0 saturated heterocycles. The molecule has 0 amide bonds. The van der Waals surface area contributed by atoms with Gasteiger partial charge in [0.05, 0.1) is 0 Å². The largest absolute Gasteiger partial charge is 0.459 e. The van der Waals surface area contributed by atoms with Crippen LogP contribution in [0.4, 0.5) is 0 Å². The minimum atomic E-state index is -1.53. The van der Waals surface area contributed by atoms with Gasteiger partial charge in [0.25, 0.3) is 0 Å². The number of ether oxygens (including phenoxy) is 1. The molecule has 0 bridgehead atoms. The zero-order chi connectivity index (χ0) is 10.4. The third kappa shape index (κ3) is 4.39. The first-order valence-corrected chi connectivity index (χ1v) is 3.63. The number of esters is 1. The molecule has 2 N–H and O–H groups in total. The second-order valence-corrected chi connectivity index (χ2v) is 2.57. The summed E-state index contributed by atoms with van der Waals surface area (Å²) in [5.74, 6) is -0.669. The van der Waals surface area contributed by atoms with E-state index in [1.54, 1.807) is 0 Å². The summed E-state index contributed by atoms with van der Waals surface area (Å²) >= 11 is 0. The highest BCUT2D eigenvalue weighted by Gasteiger charge is 2.17. The van der Waals surface area contributed by atoms with Crippen LogP contribution in [0, 0.1) is 0 Å². The lowest BCUT2D eigenvalue weighted by Crippen LogP contribution is -2.32. The van der Waals surface area contributed by atoms with Crippen LogP contribution in [0.1, 0.15) is 6.92 Å². The minimum Gasteiger partial charge on any atom is -0.459 e. The average Bonchev–Trinajstić information content (AvgIpc) is 2.11. The van der Waals surface area contributed by atoms with Crippen LogP contribution >= 0.6 is 0 Å². The Labute approximate surface area is 75.6 Å². The molecular weight excluding hydrogens is 176 g/mol. The lowest BCUT2D eigenvalue weighted by molar-refractivity contribution is -0.145. The normalized spacial score (nSPS) is 14.4. The van der Waals surface area contributed by atoms with Crippen LogP contribution in [0.25, 0.3) is 0 Å². The van der Waals surface area contributed by atoms with E-state index in [9.17, 15) is 9.59 Å². The van der Waals surface area contributed by atoms with Crippen LogP contribution in [0.5, 0.6) is 0 Å². The van der Waals surface area contributed by atoms with E-state index >= 15 is 0 Å². The molecule has 0 heterocycles. The molecule has 5 heteroatoms. The maximum Gasteiger partial charge on any atom is 0.333 e. The van der Waals surface area contributed by atoms with Crippen molar-refractivity contribution in [1.29, 1.82) is 0 Å². The van der Waals surface area contributed by atoms with Gasteiger partial charge in [-0.3, -0.25) is 0 Å². The van der Waals surface area contributed by atoms with Crippen molar-refractivity contribution in [3.05, 3.63) is 12.2 Å². The molecule has 0 fully saturated rings. The first-order valence-electron chi connectivity index (χ1n) is 3.63. The maximum atomic E-state index is 10.8. The number of aliphatic hydroxyl groups is 2. The number of hydrogen-bond acceptors (Lipinski definition) is 5. The molecule has 0 aliphatic heterocycles. The lowest BCUT2D eigenvalue weighted by atomic mass is 10.2. The molecule has 0 aromatic heterocycles. The summed E-state index contributed by atoms with van der Waals surface area (Å²) in [4.78, 5) is 20.7. The molecular formula is C8H12O5. The van der Waals surface area contributed by atoms with Gasteiger partial charge in [0.2, 0.25) is 0 Å². The minimum absolute atomic E-state index is 0.166. The molecule has 0 rings (SSSR count). The summed E-state index contributed by atoms with van der Waals surface area (Å²) in [7, 11) is 0. The number of aldehydes is 1. The van der Waals surface area contributed by atoms with Crippen LogP contribution in [-0.2, 0) is 14.3 Å². The second-order valence-electron chi connectivity index (χ2n) is 2.57. The maximum absolute atomic E-state index is 10.8. The van der Waals surface area contributed by atoms with E-state index in [-0.39, 0.29) is 11.9 Å². The van der Waals surface area contributed by atoms with Crippen LogP contribution in [0.3, 0.4) is 0 Å². The van der Waals surface area contributed by atoms with Gasteiger partial charge in [0.1, 0.15) is 18.8 Å². The molecule has 0 spiro atoms. The molecule has 0 aliphatic carbocycles. The fourth-order valence-electron chi connectivity index (χ4n) is 0.474. The van der Waals surface area contributed by atoms with Gasteiger partial charge in [-0.15, -0.1) is 0 Å². The van der Waals surface area contributed by atoms with Gasteiger partial charge in [-0.25, -0.2) is 4.79 Å². The summed E-state index contributed by atoms with van der Waals surface area (Å²) in [6, 6.07) is 0. The van der Waals surface area contributed by atoms with E-state index in [0.29, 0.717) is 0 Å². The molecule has 0 aliphatic rings. The summed E-state index contributed by atoms with van der Waals surface area (Å²) in [6.07, 6.45) is -2.75. The molecule has 13 heavy (non-hydrogen) atoms. The van der Waals surface area contributed by atoms with Crippen LogP contribution in [0.2, 0.25) is 0 Å². The Morgan fingerprint density at radius 3 is 2.54 bits per heavy atom. The van der Waals surface area contributed by atoms with Crippen LogP contribution in [0.15, 0.2) is 12.2 Å². The molecule has 0 aromatic rings. The van der Waals surface area contributed by atoms with Crippen LogP contribution < -0.4 is 0 Å². The monoisotopic (exact) mass is 188 g/mol. The van der Waals surface area contributed by atoms with Crippen molar-refractivity contribution in [1.82, 2.24) is 0 Å². The zero-order valence-electron chi connectivity index (χ0n) is 7.27. The van der Waals surface area contributed by atoms with Gasteiger partial charge in [-0.1, -0.05) is 6.58 Å². The summed E-state index contributed by atoms with van der Waals surface area (Å²) in [6.45, 7) is 4.33. The van der Waals surface area contributed by atoms with Gasteiger partial charge < -0.3 is 19.7 Å². The Balaban J connectivity index is 3.82. The lowest BCUT2D eigenvalue weighted by Gasteiger charge is -2.12. The highest BCUT2D eigenvalue weighted by atomic mass is 16.5. The molecule has 0 saturated carbocycles. The average molecular weight is 188 g/mol. The molecule has 2 atom stereocenters. The van der Waals surface area contributed by atoms with Crippen molar-refractivity contribution in [2.45, 2.75) is 19.1 Å². The van der Waals surface area contributed by atoms with Gasteiger partial charge in [-0.05, 0) is 6.92 Å². The Morgan fingerprint density at radius 1 is 1.62 bits per heavy atom. The van der Waals surface area contributed by atoms with Gasteiger partial charge in [0.15, 0.2) is 6.29 Å². The Kier molecular flexibility index (Phi) is 4.94. The topological polar surface area (TPSA) is 83.8 Å². The number of rotatable bonds is 5. The molecule has 0 radical (unpaired) electrons. The van der Waals surface area contributed by atoms with Crippen molar-refractivity contribution in [2.24, 2.45) is 0 Å². The van der Waals surface area contributed by atoms with Crippen LogP contribution in [-0.4, -0.2) is 41.3 Å². The molecule has 0 aromatic carbocycles. The third-order valence-corrected chi connectivity index (χ3v) is 1.27.